The van der Waals surface area contributed by atoms with E-state index >= 15 is 0 Å². The summed E-state index contributed by atoms with van der Waals surface area (Å²) >= 11 is 1.53. The number of fused-ring (bicyclic) bond motifs is 2. The van der Waals surface area contributed by atoms with Gasteiger partial charge in [0.1, 0.15) is 5.56 Å². The molecule has 5 rings (SSSR count). The molecule has 0 radical (unpaired) electrons. The van der Waals surface area contributed by atoms with Crippen molar-refractivity contribution in [3.8, 4) is 23.6 Å². The number of nitrogens with zero attached hydrogens (tertiary/aromatic N) is 4. The second-order valence-corrected chi connectivity index (χ2v) is 8.19. The smallest absolute Gasteiger partial charge is 0.259 e. The monoisotopic (exact) mass is 438 g/mol. The van der Waals surface area contributed by atoms with E-state index in [1.54, 1.807) is 18.5 Å². The number of nitrogens with one attached hydrogen (secondary N) is 1. The number of aromatic nitrogens is 4. The number of amides is 1. The van der Waals surface area contributed by atoms with E-state index < -0.39 is 0 Å². The maximum absolute atomic E-state index is 13.2. The van der Waals surface area contributed by atoms with E-state index in [2.05, 4.69) is 21.3 Å². The number of terminal acetylenes is 1. The molecule has 1 amide bonds. The first-order valence-corrected chi connectivity index (χ1v) is 10.8. The molecule has 0 fully saturated rings. The van der Waals surface area contributed by atoms with Gasteiger partial charge in [-0.1, -0.05) is 36.3 Å². The fourth-order valence-corrected chi connectivity index (χ4v) is 4.59. The number of nitrogen functional groups attached to an aromatic ring is 1. The van der Waals surface area contributed by atoms with Crippen molar-refractivity contribution in [2.45, 2.75) is 13.0 Å². The summed E-state index contributed by atoms with van der Waals surface area (Å²) in [6.45, 7) is 1.91. The first-order valence-electron chi connectivity index (χ1n) is 9.90. The van der Waals surface area contributed by atoms with Crippen LogP contribution in [0.5, 0.6) is 0 Å². The summed E-state index contributed by atoms with van der Waals surface area (Å²) in [6, 6.07) is 13.2. The zero-order valence-electron chi connectivity index (χ0n) is 17.1. The van der Waals surface area contributed by atoms with Crippen molar-refractivity contribution in [2.24, 2.45) is 0 Å². The molecule has 0 aliphatic rings. The van der Waals surface area contributed by atoms with Crippen LogP contribution in [0.4, 0.5) is 5.82 Å². The lowest BCUT2D eigenvalue weighted by Gasteiger charge is -2.18. The van der Waals surface area contributed by atoms with Crippen LogP contribution in [-0.2, 0) is 0 Å². The van der Waals surface area contributed by atoms with Crippen molar-refractivity contribution in [1.29, 1.82) is 0 Å². The molecule has 0 aliphatic carbocycles. The van der Waals surface area contributed by atoms with Gasteiger partial charge in [-0.05, 0) is 19.1 Å². The average Bonchev–Trinajstić information content (AvgIpc) is 3.37. The largest absolute Gasteiger partial charge is 0.381 e. The molecule has 32 heavy (non-hydrogen) atoms. The van der Waals surface area contributed by atoms with Crippen molar-refractivity contribution < 1.29 is 4.79 Å². The van der Waals surface area contributed by atoms with Crippen LogP contribution >= 0.6 is 11.3 Å². The van der Waals surface area contributed by atoms with Crippen LogP contribution in [0, 0.1) is 12.3 Å². The molecule has 1 aromatic carbocycles. The Labute approximate surface area is 187 Å². The SMILES string of the molecule is C#Cc1csc2cc([C@H](C)NC(=O)c3c(N)nn4cccnc34)c(-c3ccccc3)nc12. The van der Waals surface area contributed by atoms with Crippen LogP contribution in [0.15, 0.2) is 60.2 Å². The molecule has 0 saturated heterocycles. The average molecular weight is 439 g/mol. The Morgan fingerprint density at radius 3 is 2.88 bits per heavy atom. The maximum Gasteiger partial charge on any atom is 0.259 e. The van der Waals surface area contributed by atoms with Crippen LogP contribution in [0.1, 0.15) is 34.5 Å². The second kappa shape index (κ2) is 7.80. The third kappa shape index (κ3) is 3.25. The van der Waals surface area contributed by atoms with Gasteiger partial charge in [-0.3, -0.25) is 4.79 Å². The first kappa shape index (κ1) is 19.7. The zero-order chi connectivity index (χ0) is 22.2. The normalized spacial score (nSPS) is 12.0. The summed E-state index contributed by atoms with van der Waals surface area (Å²) in [5.74, 6) is 2.48. The van der Waals surface area contributed by atoms with Gasteiger partial charge < -0.3 is 11.1 Å². The minimum Gasteiger partial charge on any atom is -0.381 e. The number of rotatable bonds is 4. The minimum absolute atomic E-state index is 0.127. The van der Waals surface area contributed by atoms with E-state index in [0.717, 1.165) is 32.6 Å². The number of carbonyl (C=O) groups excluding carboxylic acids is 1. The molecule has 0 unspecified atom stereocenters. The number of benzene rings is 1. The summed E-state index contributed by atoms with van der Waals surface area (Å²) in [6.07, 6.45) is 8.96. The fraction of sp³-hybridized carbons (Fsp3) is 0.0833. The number of anilines is 1. The minimum atomic E-state index is -0.357. The predicted octanol–water partition coefficient (Wildman–Crippen LogP) is 4.06. The standard InChI is InChI=1S/C24H18N6OS/c1-3-15-13-32-18-12-17(20(28-21(15)18)16-8-5-4-6-9-16)14(2)27-24(31)19-22(25)29-30-11-7-10-26-23(19)30/h1,4-14H,2H3,(H2,25,29)(H,27,31)/t14-/m0/s1. The molecule has 1 atom stereocenters. The van der Waals surface area contributed by atoms with Gasteiger partial charge in [0.25, 0.3) is 5.91 Å². The molecular formula is C24H18N6OS. The lowest BCUT2D eigenvalue weighted by Crippen LogP contribution is -2.28. The molecule has 0 bridgehead atoms. The Morgan fingerprint density at radius 1 is 1.28 bits per heavy atom. The van der Waals surface area contributed by atoms with Gasteiger partial charge in [0.05, 0.1) is 27.5 Å². The Morgan fingerprint density at radius 2 is 2.09 bits per heavy atom. The van der Waals surface area contributed by atoms with Gasteiger partial charge in [0.15, 0.2) is 11.5 Å². The summed E-state index contributed by atoms with van der Waals surface area (Å²) < 4.78 is 2.45. The van der Waals surface area contributed by atoms with Crippen LogP contribution < -0.4 is 11.1 Å². The molecule has 0 saturated carbocycles. The maximum atomic E-state index is 13.2. The van der Waals surface area contributed by atoms with E-state index in [0.29, 0.717) is 5.65 Å². The van der Waals surface area contributed by atoms with Gasteiger partial charge in [0, 0.05) is 28.9 Å². The molecule has 0 spiro atoms. The molecule has 4 aromatic heterocycles. The number of pyridine rings is 1. The Kier molecular flexibility index (Phi) is 4.81. The van der Waals surface area contributed by atoms with Crippen LogP contribution in [0.25, 0.3) is 27.1 Å². The number of thiophene rings is 1. The molecule has 156 valence electrons. The molecule has 8 heteroatoms. The second-order valence-electron chi connectivity index (χ2n) is 7.28. The van der Waals surface area contributed by atoms with Gasteiger partial charge in [-0.2, -0.15) is 0 Å². The van der Waals surface area contributed by atoms with Crippen molar-refractivity contribution in [3.05, 3.63) is 76.9 Å². The third-order valence-electron chi connectivity index (χ3n) is 5.24. The third-order valence-corrected chi connectivity index (χ3v) is 6.16. The topological polar surface area (TPSA) is 98.2 Å². The van der Waals surface area contributed by atoms with Crippen LogP contribution in [0.2, 0.25) is 0 Å². The fourth-order valence-electron chi connectivity index (χ4n) is 3.70. The molecule has 0 aliphatic heterocycles. The highest BCUT2D eigenvalue weighted by atomic mass is 32.1. The summed E-state index contributed by atoms with van der Waals surface area (Å²) in [4.78, 5) is 22.3. The highest BCUT2D eigenvalue weighted by molar-refractivity contribution is 7.17. The summed E-state index contributed by atoms with van der Waals surface area (Å²) in [5.41, 5.74) is 10.8. The summed E-state index contributed by atoms with van der Waals surface area (Å²) in [5, 5.41) is 9.13. The highest BCUT2D eigenvalue weighted by Crippen LogP contribution is 2.34. The highest BCUT2D eigenvalue weighted by Gasteiger charge is 2.23. The van der Waals surface area contributed by atoms with Gasteiger partial charge in [-0.25, -0.2) is 14.5 Å². The van der Waals surface area contributed by atoms with Gasteiger partial charge in [-0.15, -0.1) is 22.9 Å². The molecule has 7 nitrogen and oxygen atoms in total. The molecule has 4 heterocycles. The van der Waals surface area contributed by atoms with E-state index in [4.69, 9.17) is 17.1 Å². The molecular weight excluding hydrogens is 420 g/mol. The van der Waals surface area contributed by atoms with Gasteiger partial charge >= 0.3 is 0 Å². The molecule has 5 aromatic rings. The number of nitrogens with two attached hydrogens (primary N) is 1. The van der Waals surface area contributed by atoms with Crippen molar-refractivity contribution in [3.63, 3.8) is 0 Å². The number of hydrogen-bond donors (Lipinski definition) is 2. The Hall–Kier alpha value is -4.22. The van der Waals surface area contributed by atoms with E-state index in [9.17, 15) is 4.79 Å². The van der Waals surface area contributed by atoms with E-state index in [-0.39, 0.29) is 23.3 Å². The van der Waals surface area contributed by atoms with Crippen molar-refractivity contribution >= 4 is 38.9 Å². The number of hydrogen-bond acceptors (Lipinski definition) is 6. The quantitative estimate of drug-likeness (QED) is 0.412. The first-order chi connectivity index (χ1) is 15.6. The Balaban J connectivity index is 1.58. The van der Waals surface area contributed by atoms with Crippen LogP contribution in [-0.4, -0.2) is 25.5 Å². The van der Waals surface area contributed by atoms with Crippen molar-refractivity contribution in [1.82, 2.24) is 24.9 Å². The van der Waals surface area contributed by atoms with Crippen LogP contribution in [0.3, 0.4) is 0 Å². The zero-order valence-corrected chi connectivity index (χ0v) is 17.9. The number of carbonyl (C=O) groups is 1. The Bertz CT molecular complexity index is 1510. The predicted molar refractivity (Wildman–Crippen MR) is 126 cm³/mol. The lowest BCUT2D eigenvalue weighted by atomic mass is 9.99. The lowest BCUT2D eigenvalue weighted by molar-refractivity contribution is 0.0942. The summed E-state index contributed by atoms with van der Waals surface area (Å²) in [7, 11) is 0. The van der Waals surface area contributed by atoms with E-state index in [1.165, 1.54) is 15.9 Å². The molecule has 3 N–H and O–H groups in total. The van der Waals surface area contributed by atoms with E-state index in [1.807, 2.05) is 48.7 Å². The van der Waals surface area contributed by atoms with Crippen molar-refractivity contribution in [2.75, 3.05) is 5.73 Å². The van der Waals surface area contributed by atoms with Gasteiger partial charge in [0.2, 0.25) is 0 Å².